The Balaban J connectivity index is 2.76. The van der Waals surface area contributed by atoms with Crippen LogP contribution in [0.1, 0.15) is 16.8 Å². The van der Waals surface area contributed by atoms with E-state index >= 15 is 0 Å². The summed E-state index contributed by atoms with van der Waals surface area (Å²) in [7, 11) is 1.45. The maximum absolute atomic E-state index is 13.2. The number of methoxy groups -OCH3 is 1. The Morgan fingerprint density at radius 1 is 1.50 bits per heavy atom. The van der Waals surface area contributed by atoms with E-state index < -0.39 is 23.5 Å². The number of carbonyl (C=O) groups excluding carboxylic acids is 1. The fraction of sp³-hybridized carbons (Fsp3) is 0.364. The minimum Gasteiger partial charge on any atom is -0.383 e. The molecule has 0 aliphatic rings. The number of ether oxygens (including phenoxy) is 1. The predicted molar refractivity (Wildman–Crippen MR) is 55.2 cm³/mol. The molecule has 16 heavy (non-hydrogen) atoms. The molecule has 0 aliphatic carbocycles. The zero-order chi connectivity index (χ0) is 12.1. The average Bonchev–Trinajstić information content (AvgIpc) is 2.21. The van der Waals surface area contributed by atoms with E-state index in [0.29, 0.717) is 0 Å². The molecule has 2 N–H and O–H groups in total. The zero-order valence-electron chi connectivity index (χ0n) is 8.87. The van der Waals surface area contributed by atoms with E-state index in [0.717, 1.165) is 18.2 Å². The van der Waals surface area contributed by atoms with Gasteiger partial charge in [0.15, 0.2) is 5.78 Å². The molecule has 0 spiro atoms. The first-order chi connectivity index (χ1) is 7.54. The lowest BCUT2D eigenvalue weighted by Gasteiger charge is -2.09. The summed E-state index contributed by atoms with van der Waals surface area (Å²) in [6, 6.07) is 2.24. The van der Waals surface area contributed by atoms with Crippen molar-refractivity contribution in [3.05, 3.63) is 35.4 Å². The summed E-state index contributed by atoms with van der Waals surface area (Å²) in [5.74, 6) is -1.91. The first-order valence-corrected chi connectivity index (χ1v) is 4.77. The quantitative estimate of drug-likeness (QED) is 0.779. The highest BCUT2D eigenvalue weighted by Gasteiger charge is 2.16. The van der Waals surface area contributed by atoms with Gasteiger partial charge in [-0.15, -0.1) is 0 Å². The first kappa shape index (κ1) is 12.7. The Hall–Kier alpha value is -1.33. The minimum atomic E-state index is -0.740. The lowest BCUT2D eigenvalue weighted by molar-refractivity contribution is 0.0945. The number of halogens is 2. The third-order valence-electron chi connectivity index (χ3n) is 2.06. The van der Waals surface area contributed by atoms with Gasteiger partial charge >= 0.3 is 0 Å². The van der Waals surface area contributed by atoms with Gasteiger partial charge in [0.25, 0.3) is 0 Å². The van der Waals surface area contributed by atoms with Gasteiger partial charge in [0.2, 0.25) is 0 Å². The zero-order valence-corrected chi connectivity index (χ0v) is 8.87. The van der Waals surface area contributed by atoms with Gasteiger partial charge in [0.1, 0.15) is 11.6 Å². The molecule has 1 unspecified atom stereocenters. The van der Waals surface area contributed by atoms with E-state index in [1.54, 1.807) is 0 Å². The van der Waals surface area contributed by atoms with Crippen LogP contribution in [0.25, 0.3) is 0 Å². The van der Waals surface area contributed by atoms with Gasteiger partial charge in [-0.05, 0) is 18.2 Å². The van der Waals surface area contributed by atoms with Crippen molar-refractivity contribution in [3.8, 4) is 0 Å². The summed E-state index contributed by atoms with van der Waals surface area (Å²) in [6.07, 6.45) is -0.0752. The van der Waals surface area contributed by atoms with Crippen LogP contribution in [0.2, 0.25) is 0 Å². The van der Waals surface area contributed by atoms with Crippen LogP contribution in [-0.2, 0) is 4.74 Å². The van der Waals surface area contributed by atoms with Crippen LogP contribution in [0.4, 0.5) is 8.78 Å². The molecule has 0 heterocycles. The monoisotopic (exact) mass is 229 g/mol. The highest BCUT2D eigenvalue weighted by atomic mass is 19.1. The smallest absolute Gasteiger partial charge is 0.167 e. The maximum atomic E-state index is 13.2. The van der Waals surface area contributed by atoms with Crippen molar-refractivity contribution in [2.45, 2.75) is 12.5 Å². The SMILES string of the molecule is COCC(N)CC(=O)c1cc(F)ccc1F. The summed E-state index contributed by atoms with van der Waals surface area (Å²) in [5.41, 5.74) is 5.28. The lowest BCUT2D eigenvalue weighted by atomic mass is 10.0. The van der Waals surface area contributed by atoms with Crippen molar-refractivity contribution >= 4 is 5.78 Å². The Kier molecular flexibility index (Phi) is 4.52. The number of carbonyl (C=O) groups is 1. The second-order valence-corrected chi connectivity index (χ2v) is 3.47. The Morgan fingerprint density at radius 2 is 2.19 bits per heavy atom. The molecule has 0 amide bonds. The molecule has 0 saturated carbocycles. The summed E-state index contributed by atoms with van der Waals surface area (Å²) >= 11 is 0. The first-order valence-electron chi connectivity index (χ1n) is 4.77. The van der Waals surface area contributed by atoms with Crippen LogP contribution in [0.15, 0.2) is 18.2 Å². The number of ketones is 1. The summed E-state index contributed by atoms with van der Waals surface area (Å²) in [5, 5.41) is 0. The van der Waals surface area contributed by atoms with Crippen LogP contribution >= 0.6 is 0 Å². The average molecular weight is 229 g/mol. The van der Waals surface area contributed by atoms with Gasteiger partial charge in [-0.2, -0.15) is 0 Å². The van der Waals surface area contributed by atoms with Gasteiger partial charge < -0.3 is 10.5 Å². The molecule has 0 saturated heterocycles. The number of benzene rings is 1. The molecular weight excluding hydrogens is 216 g/mol. The number of hydrogen-bond acceptors (Lipinski definition) is 3. The van der Waals surface area contributed by atoms with Crippen LogP contribution in [0, 0.1) is 11.6 Å². The van der Waals surface area contributed by atoms with Crippen molar-refractivity contribution in [2.24, 2.45) is 5.73 Å². The normalized spacial score (nSPS) is 12.5. The fourth-order valence-corrected chi connectivity index (χ4v) is 1.33. The molecule has 3 nitrogen and oxygen atoms in total. The van der Waals surface area contributed by atoms with Gasteiger partial charge in [0.05, 0.1) is 12.2 Å². The summed E-state index contributed by atoms with van der Waals surface area (Å²) < 4.78 is 30.8. The largest absolute Gasteiger partial charge is 0.383 e. The van der Waals surface area contributed by atoms with Gasteiger partial charge in [-0.25, -0.2) is 8.78 Å². The highest BCUT2D eigenvalue weighted by molar-refractivity contribution is 5.96. The van der Waals surface area contributed by atoms with Crippen molar-refractivity contribution in [2.75, 3.05) is 13.7 Å². The highest BCUT2D eigenvalue weighted by Crippen LogP contribution is 2.12. The molecule has 5 heteroatoms. The molecule has 88 valence electrons. The van der Waals surface area contributed by atoms with E-state index in [4.69, 9.17) is 10.5 Å². The molecule has 1 aromatic rings. The van der Waals surface area contributed by atoms with Crippen LogP contribution < -0.4 is 5.73 Å². The molecule has 0 radical (unpaired) electrons. The number of rotatable bonds is 5. The minimum absolute atomic E-state index is 0.0752. The van der Waals surface area contributed by atoms with Crippen molar-refractivity contribution in [1.82, 2.24) is 0 Å². The van der Waals surface area contributed by atoms with Crippen molar-refractivity contribution < 1.29 is 18.3 Å². The van der Waals surface area contributed by atoms with Gasteiger partial charge in [-0.1, -0.05) is 0 Å². The third kappa shape index (κ3) is 3.36. The topological polar surface area (TPSA) is 52.3 Å². The second-order valence-electron chi connectivity index (χ2n) is 3.47. The summed E-state index contributed by atoms with van der Waals surface area (Å²) in [4.78, 5) is 11.6. The molecular formula is C11H13F2NO2. The Bertz CT molecular complexity index is 382. The fourth-order valence-electron chi connectivity index (χ4n) is 1.33. The standard InChI is InChI=1S/C11H13F2NO2/c1-16-6-8(14)5-11(15)9-4-7(12)2-3-10(9)13/h2-4,8H,5-6,14H2,1H3. The molecule has 0 bridgehead atoms. The molecule has 0 aromatic heterocycles. The van der Waals surface area contributed by atoms with Crippen molar-refractivity contribution in [1.29, 1.82) is 0 Å². The van der Waals surface area contributed by atoms with E-state index in [2.05, 4.69) is 0 Å². The molecule has 0 fully saturated rings. The predicted octanol–water partition coefficient (Wildman–Crippen LogP) is 1.51. The second kappa shape index (κ2) is 5.67. The molecule has 1 rings (SSSR count). The lowest BCUT2D eigenvalue weighted by Crippen LogP contribution is -2.28. The van der Waals surface area contributed by atoms with E-state index in [1.165, 1.54) is 7.11 Å². The van der Waals surface area contributed by atoms with Gasteiger partial charge in [0, 0.05) is 19.6 Å². The van der Waals surface area contributed by atoms with E-state index in [9.17, 15) is 13.6 Å². The molecule has 1 atom stereocenters. The molecule has 0 aliphatic heterocycles. The summed E-state index contributed by atoms with van der Waals surface area (Å²) in [6.45, 7) is 0.197. The van der Waals surface area contributed by atoms with Crippen LogP contribution in [0.5, 0.6) is 0 Å². The van der Waals surface area contributed by atoms with Gasteiger partial charge in [-0.3, -0.25) is 4.79 Å². The maximum Gasteiger partial charge on any atom is 0.167 e. The van der Waals surface area contributed by atoms with Crippen LogP contribution in [0.3, 0.4) is 0 Å². The van der Waals surface area contributed by atoms with Crippen molar-refractivity contribution in [3.63, 3.8) is 0 Å². The Morgan fingerprint density at radius 3 is 2.81 bits per heavy atom. The van der Waals surface area contributed by atoms with Crippen LogP contribution in [-0.4, -0.2) is 25.5 Å². The number of Topliss-reactive ketones (excluding diaryl/α,β-unsaturated/α-hetero) is 1. The molecule has 1 aromatic carbocycles. The third-order valence-corrected chi connectivity index (χ3v) is 2.06. The Labute approximate surface area is 92.2 Å². The van der Waals surface area contributed by atoms with E-state index in [1.807, 2.05) is 0 Å². The van der Waals surface area contributed by atoms with E-state index in [-0.39, 0.29) is 18.6 Å². The number of hydrogen-bond donors (Lipinski definition) is 1. The number of nitrogens with two attached hydrogens (primary N) is 1.